The maximum atomic E-state index is 12.2. The van der Waals surface area contributed by atoms with Crippen molar-refractivity contribution in [3.8, 4) is 0 Å². The van der Waals surface area contributed by atoms with Gasteiger partial charge in [0.25, 0.3) is 5.91 Å². The van der Waals surface area contributed by atoms with Crippen LogP contribution in [0.15, 0.2) is 12.3 Å². The molecule has 1 aliphatic rings. The molecule has 0 bridgehead atoms. The number of nitrogens with zero attached hydrogens (tertiary/aromatic N) is 4. The zero-order valence-electron chi connectivity index (χ0n) is 11.4. The Bertz CT molecular complexity index is 442. The Morgan fingerprint density at radius 3 is 2.68 bits per heavy atom. The highest BCUT2D eigenvalue weighted by Gasteiger charge is 2.23. The normalized spacial score (nSPS) is 18.4. The molecule has 6 nitrogen and oxygen atoms in total. The third kappa shape index (κ3) is 3.71. The molecular formula is C13H20N4O2. The van der Waals surface area contributed by atoms with E-state index in [1.807, 2.05) is 0 Å². The van der Waals surface area contributed by atoms with Gasteiger partial charge in [-0.1, -0.05) is 0 Å². The van der Waals surface area contributed by atoms with E-state index in [9.17, 15) is 9.90 Å². The minimum atomic E-state index is -0.327. The molecule has 6 heteroatoms. The third-order valence-electron chi connectivity index (χ3n) is 3.18. The van der Waals surface area contributed by atoms with Crippen molar-refractivity contribution in [1.29, 1.82) is 0 Å². The second kappa shape index (κ2) is 6.08. The first-order valence-corrected chi connectivity index (χ1v) is 6.55. The summed E-state index contributed by atoms with van der Waals surface area (Å²) in [4.78, 5) is 24.4. The van der Waals surface area contributed by atoms with Crippen LogP contribution >= 0.6 is 0 Å². The van der Waals surface area contributed by atoms with Gasteiger partial charge in [0.15, 0.2) is 0 Å². The quantitative estimate of drug-likeness (QED) is 0.827. The van der Waals surface area contributed by atoms with E-state index in [1.54, 1.807) is 31.0 Å². The highest BCUT2D eigenvalue weighted by Crippen LogP contribution is 2.07. The molecule has 0 spiro atoms. The second-order valence-electron chi connectivity index (χ2n) is 4.93. The van der Waals surface area contributed by atoms with Gasteiger partial charge in [-0.15, -0.1) is 0 Å². The van der Waals surface area contributed by atoms with Gasteiger partial charge in [0.2, 0.25) is 0 Å². The third-order valence-corrected chi connectivity index (χ3v) is 3.18. The summed E-state index contributed by atoms with van der Waals surface area (Å²) in [5, 5.41) is 9.35. The molecule has 0 radical (unpaired) electrons. The zero-order valence-corrected chi connectivity index (χ0v) is 11.4. The molecule has 1 aromatic heterocycles. The van der Waals surface area contributed by atoms with E-state index in [0.29, 0.717) is 31.2 Å². The van der Waals surface area contributed by atoms with Crippen LogP contribution in [0.5, 0.6) is 0 Å². The molecule has 2 rings (SSSR count). The molecule has 104 valence electrons. The SMILES string of the molecule is Cc1nccc(C(=O)N2CCN(CC(C)O)CC2)n1. The van der Waals surface area contributed by atoms with Crippen molar-refractivity contribution in [3.63, 3.8) is 0 Å². The van der Waals surface area contributed by atoms with Crippen molar-refractivity contribution in [2.75, 3.05) is 32.7 Å². The summed E-state index contributed by atoms with van der Waals surface area (Å²) in [7, 11) is 0. The Balaban J connectivity index is 1.92. The lowest BCUT2D eigenvalue weighted by Crippen LogP contribution is -2.50. The smallest absolute Gasteiger partial charge is 0.272 e. The van der Waals surface area contributed by atoms with E-state index >= 15 is 0 Å². The number of aryl methyl sites for hydroxylation is 1. The predicted molar refractivity (Wildman–Crippen MR) is 70.8 cm³/mol. The van der Waals surface area contributed by atoms with Crippen LogP contribution in [0.2, 0.25) is 0 Å². The summed E-state index contributed by atoms with van der Waals surface area (Å²) >= 11 is 0. The van der Waals surface area contributed by atoms with E-state index in [0.717, 1.165) is 13.1 Å². The Hall–Kier alpha value is -1.53. The highest BCUT2D eigenvalue weighted by molar-refractivity contribution is 5.92. The van der Waals surface area contributed by atoms with E-state index in [2.05, 4.69) is 14.9 Å². The van der Waals surface area contributed by atoms with E-state index < -0.39 is 0 Å². The fraction of sp³-hybridized carbons (Fsp3) is 0.615. The number of carbonyl (C=O) groups excluding carboxylic acids is 1. The number of aliphatic hydroxyl groups is 1. The first-order valence-electron chi connectivity index (χ1n) is 6.55. The Morgan fingerprint density at radius 1 is 1.42 bits per heavy atom. The summed E-state index contributed by atoms with van der Waals surface area (Å²) in [5.41, 5.74) is 0.455. The lowest BCUT2D eigenvalue weighted by molar-refractivity contribution is 0.0549. The van der Waals surface area contributed by atoms with Gasteiger partial charge in [-0.2, -0.15) is 0 Å². The molecule has 1 aliphatic heterocycles. The molecule has 0 aliphatic carbocycles. The van der Waals surface area contributed by atoms with Gasteiger partial charge >= 0.3 is 0 Å². The van der Waals surface area contributed by atoms with Crippen LogP contribution in [0.25, 0.3) is 0 Å². The maximum Gasteiger partial charge on any atom is 0.272 e. The lowest BCUT2D eigenvalue weighted by atomic mass is 10.2. The fourth-order valence-corrected chi connectivity index (χ4v) is 2.24. The van der Waals surface area contributed by atoms with Gasteiger partial charge in [-0.3, -0.25) is 9.69 Å². The average molecular weight is 264 g/mol. The predicted octanol–water partition coefficient (Wildman–Crippen LogP) is -0.0764. The van der Waals surface area contributed by atoms with E-state index in [-0.39, 0.29) is 12.0 Å². The average Bonchev–Trinajstić information content (AvgIpc) is 2.38. The molecule has 0 saturated carbocycles. The Labute approximate surface area is 113 Å². The van der Waals surface area contributed by atoms with Crippen molar-refractivity contribution < 1.29 is 9.90 Å². The van der Waals surface area contributed by atoms with Gasteiger partial charge in [-0.05, 0) is 19.9 Å². The zero-order chi connectivity index (χ0) is 13.8. The molecule has 1 N–H and O–H groups in total. The molecule has 19 heavy (non-hydrogen) atoms. The first kappa shape index (κ1) is 13.9. The van der Waals surface area contributed by atoms with Crippen LogP contribution in [0.1, 0.15) is 23.2 Å². The summed E-state index contributed by atoms with van der Waals surface area (Å²) < 4.78 is 0. The Kier molecular flexibility index (Phi) is 4.44. The lowest BCUT2D eigenvalue weighted by Gasteiger charge is -2.35. The molecular weight excluding hydrogens is 244 g/mol. The van der Waals surface area contributed by atoms with E-state index in [1.165, 1.54) is 0 Å². The highest BCUT2D eigenvalue weighted by atomic mass is 16.3. The molecule has 1 amide bonds. The number of rotatable bonds is 3. The molecule has 1 saturated heterocycles. The first-order chi connectivity index (χ1) is 9.06. The fourth-order valence-electron chi connectivity index (χ4n) is 2.24. The largest absolute Gasteiger partial charge is 0.392 e. The van der Waals surface area contributed by atoms with Crippen LogP contribution in [-0.4, -0.2) is 69.6 Å². The van der Waals surface area contributed by atoms with Crippen molar-refractivity contribution >= 4 is 5.91 Å². The van der Waals surface area contributed by atoms with Crippen molar-refractivity contribution in [1.82, 2.24) is 19.8 Å². The number of hydrogen-bond donors (Lipinski definition) is 1. The summed E-state index contributed by atoms with van der Waals surface area (Å²) in [6.45, 7) is 7.15. The molecule has 1 unspecified atom stereocenters. The minimum absolute atomic E-state index is 0.0396. The van der Waals surface area contributed by atoms with Crippen molar-refractivity contribution in [2.45, 2.75) is 20.0 Å². The molecule has 1 atom stereocenters. The number of carbonyl (C=O) groups is 1. The summed E-state index contributed by atoms with van der Waals surface area (Å²) in [6.07, 6.45) is 1.28. The van der Waals surface area contributed by atoms with Crippen LogP contribution in [0.4, 0.5) is 0 Å². The summed E-state index contributed by atoms with van der Waals surface area (Å²) in [5.74, 6) is 0.570. The molecule has 1 aromatic rings. The van der Waals surface area contributed by atoms with Gasteiger partial charge in [0, 0.05) is 38.9 Å². The van der Waals surface area contributed by atoms with Gasteiger partial charge in [0.05, 0.1) is 6.10 Å². The Morgan fingerprint density at radius 2 is 2.11 bits per heavy atom. The number of hydrogen-bond acceptors (Lipinski definition) is 5. The topological polar surface area (TPSA) is 69.6 Å². The molecule has 2 heterocycles. The molecule has 1 fully saturated rings. The van der Waals surface area contributed by atoms with Crippen LogP contribution in [0, 0.1) is 6.92 Å². The van der Waals surface area contributed by atoms with Gasteiger partial charge in [0.1, 0.15) is 11.5 Å². The maximum absolute atomic E-state index is 12.2. The summed E-state index contributed by atoms with van der Waals surface area (Å²) in [6, 6.07) is 1.65. The van der Waals surface area contributed by atoms with Crippen LogP contribution in [-0.2, 0) is 0 Å². The number of piperazine rings is 1. The monoisotopic (exact) mass is 264 g/mol. The van der Waals surface area contributed by atoms with Crippen molar-refractivity contribution in [3.05, 3.63) is 23.8 Å². The minimum Gasteiger partial charge on any atom is -0.392 e. The van der Waals surface area contributed by atoms with Gasteiger partial charge in [-0.25, -0.2) is 9.97 Å². The number of amides is 1. The standard InChI is InChI=1S/C13H20N4O2/c1-10(18)9-16-5-7-17(8-6-16)13(19)12-3-4-14-11(2)15-12/h3-4,10,18H,5-9H2,1-2H3. The second-order valence-corrected chi connectivity index (χ2v) is 4.93. The van der Waals surface area contributed by atoms with Crippen LogP contribution in [0.3, 0.4) is 0 Å². The number of aromatic nitrogens is 2. The molecule has 0 aromatic carbocycles. The van der Waals surface area contributed by atoms with E-state index in [4.69, 9.17) is 0 Å². The van der Waals surface area contributed by atoms with Gasteiger partial charge < -0.3 is 10.0 Å². The number of β-amino-alcohol motifs (C(OH)–C–C–N with tert-alkyl or cyclic N) is 1. The van der Waals surface area contributed by atoms with Crippen molar-refractivity contribution in [2.24, 2.45) is 0 Å². The number of aliphatic hydroxyl groups excluding tert-OH is 1. The van der Waals surface area contributed by atoms with Crippen LogP contribution < -0.4 is 0 Å².